The predicted octanol–water partition coefficient (Wildman–Crippen LogP) is 2.17. The van der Waals surface area contributed by atoms with Crippen molar-refractivity contribution in [1.82, 2.24) is 5.43 Å². The highest BCUT2D eigenvalue weighted by Gasteiger charge is 2.22. The zero-order valence-electron chi connectivity index (χ0n) is 12.2. The minimum absolute atomic E-state index is 0.0110. The van der Waals surface area contributed by atoms with Crippen LogP contribution in [0.1, 0.15) is 37.3 Å². The zero-order chi connectivity index (χ0) is 14.4. The van der Waals surface area contributed by atoms with Crippen LogP contribution in [0.15, 0.2) is 18.2 Å². The van der Waals surface area contributed by atoms with Crippen molar-refractivity contribution in [2.75, 3.05) is 20.8 Å². The van der Waals surface area contributed by atoms with Crippen molar-refractivity contribution in [2.24, 2.45) is 5.84 Å². The van der Waals surface area contributed by atoms with Crippen LogP contribution in [-0.2, 0) is 4.74 Å². The normalized spacial score (nSPS) is 20.4. The highest BCUT2D eigenvalue weighted by atomic mass is 16.5. The highest BCUT2D eigenvalue weighted by Crippen LogP contribution is 2.33. The lowest BCUT2D eigenvalue weighted by molar-refractivity contribution is 0.00489. The van der Waals surface area contributed by atoms with Gasteiger partial charge in [-0.2, -0.15) is 0 Å². The molecular formula is C15H24N2O3. The van der Waals surface area contributed by atoms with Gasteiger partial charge in [-0.25, -0.2) is 0 Å². The third-order valence-electron chi connectivity index (χ3n) is 3.79. The second-order valence-corrected chi connectivity index (χ2v) is 5.05. The Morgan fingerprint density at radius 1 is 1.35 bits per heavy atom. The molecule has 1 heterocycles. The average molecular weight is 280 g/mol. The molecule has 3 N–H and O–H groups in total. The SMILES string of the molecule is COc1ccc(OC)c(C(CC2CCCCO2)NN)c1. The summed E-state index contributed by atoms with van der Waals surface area (Å²) < 4.78 is 16.5. The topological polar surface area (TPSA) is 65.7 Å². The van der Waals surface area contributed by atoms with Crippen LogP contribution in [0.25, 0.3) is 0 Å². The fourth-order valence-corrected chi connectivity index (χ4v) is 2.65. The molecule has 1 aliphatic rings. The van der Waals surface area contributed by atoms with Gasteiger partial charge < -0.3 is 14.2 Å². The first kappa shape index (κ1) is 15.1. The van der Waals surface area contributed by atoms with Gasteiger partial charge >= 0.3 is 0 Å². The van der Waals surface area contributed by atoms with Crippen LogP contribution in [0.5, 0.6) is 11.5 Å². The molecule has 0 spiro atoms. The van der Waals surface area contributed by atoms with Gasteiger partial charge in [-0.1, -0.05) is 0 Å². The summed E-state index contributed by atoms with van der Waals surface area (Å²) in [5.41, 5.74) is 3.88. The average Bonchev–Trinajstić information content (AvgIpc) is 2.53. The van der Waals surface area contributed by atoms with Gasteiger partial charge in [0.2, 0.25) is 0 Å². The Hall–Kier alpha value is -1.30. The molecule has 0 amide bonds. The minimum Gasteiger partial charge on any atom is -0.497 e. The van der Waals surface area contributed by atoms with Gasteiger partial charge in [-0.05, 0) is 43.9 Å². The molecule has 1 fully saturated rings. The van der Waals surface area contributed by atoms with Gasteiger partial charge in [0, 0.05) is 12.2 Å². The molecule has 1 aliphatic heterocycles. The quantitative estimate of drug-likeness (QED) is 0.617. The molecule has 0 radical (unpaired) electrons. The summed E-state index contributed by atoms with van der Waals surface area (Å²) in [6.45, 7) is 0.844. The fourth-order valence-electron chi connectivity index (χ4n) is 2.65. The fraction of sp³-hybridized carbons (Fsp3) is 0.600. The summed E-state index contributed by atoms with van der Waals surface area (Å²) >= 11 is 0. The molecule has 0 aromatic heterocycles. The molecule has 1 saturated heterocycles. The summed E-state index contributed by atoms with van der Waals surface area (Å²) in [7, 11) is 3.32. The van der Waals surface area contributed by atoms with Crippen molar-refractivity contribution in [3.05, 3.63) is 23.8 Å². The van der Waals surface area contributed by atoms with E-state index in [9.17, 15) is 0 Å². The molecule has 1 aromatic carbocycles. The van der Waals surface area contributed by atoms with E-state index in [1.54, 1.807) is 14.2 Å². The van der Waals surface area contributed by atoms with E-state index in [-0.39, 0.29) is 12.1 Å². The van der Waals surface area contributed by atoms with E-state index in [1.165, 1.54) is 6.42 Å². The first-order valence-electron chi connectivity index (χ1n) is 7.08. The van der Waals surface area contributed by atoms with Crippen molar-refractivity contribution in [3.63, 3.8) is 0 Å². The maximum atomic E-state index is 5.79. The number of nitrogens with one attached hydrogen (secondary N) is 1. The lowest BCUT2D eigenvalue weighted by Gasteiger charge is -2.27. The van der Waals surface area contributed by atoms with Crippen molar-refractivity contribution in [1.29, 1.82) is 0 Å². The molecular weight excluding hydrogens is 256 g/mol. The number of rotatable bonds is 6. The first-order valence-corrected chi connectivity index (χ1v) is 7.08. The summed E-state index contributed by atoms with van der Waals surface area (Å²) in [4.78, 5) is 0. The van der Waals surface area contributed by atoms with Gasteiger partial charge in [0.25, 0.3) is 0 Å². The zero-order valence-corrected chi connectivity index (χ0v) is 12.2. The van der Waals surface area contributed by atoms with E-state index >= 15 is 0 Å². The lowest BCUT2D eigenvalue weighted by Crippen LogP contribution is -2.33. The van der Waals surface area contributed by atoms with Gasteiger partial charge in [0.05, 0.1) is 26.4 Å². The molecule has 2 rings (SSSR count). The summed E-state index contributed by atoms with van der Waals surface area (Å²) in [5, 5.41) is 0. The molecule has 20 heavy (non-hydrogen) atoms. The molecule has 0 saturated carbocycles. The number of benzene rings is 1. The van der Waals surface area contributed by atoms with Crippen molar-refractivity contribution >= 4 is 0 Å². The molecule has 112 valence electrons. The molecule has 5 heteroatoms. The molecule has 5 nitrogen and oxygen atoms in total. The van der Waals surface area contributed by atoms with E-state index in [0.717, 1.165) is 42.9 Å². The second kappa shape index (κ2) is 7.47. The number of hydrogen-bond acceptors (Lipinski definition) is 5. The van der Waals surface area contributed by atoms with Gasteiger partial charge in [-0.15, -0.1) is 0 Å². The third-order valence-corrected chi connectivity index (χ3v) is 3.79. The molecule has 0 bridgehead atoms. The maximum Gasteiger partial charge on any atom is 0.123 e. The van der Waals surface area contributed by atoms with Gasteiger partial charge in [0.1, 0.15) is 11.5 Å². The Morgan fingerprint density at radius 2 is 2.20 bits per heavy atom. The Bertz CT molecular complexity index is 420. The number of ether oxygens (including phenoxy) is 3. The van der Waals surface area contributed by atoms with Crippen molar-refractivity contribution < 1.29 is 14.2 Å². The number of hydrogen-bond donors (Lipinski definition) is 2. The molecule has 2 atom stereocenters. The standard InChI is InChI=1S/C15H24N2O3/c1-18-11-6-7-15(19-2)13(9-11)14(17-16)10-12-5-3-4-8-20-12/h6-7,9,12,14,17H,3-5,8,10,16H2,1-2H3. The van der Waals surface area contributed by atoms with Crippen LogP contribution in [0.2, 0.25) is 0 Å². The first-order chi connectivity index (χ1) is 9.78. The monoisotopic (exact) mass is 280 g/mol. The van der Waals surface area contributed by atoms with Crippen LogP contribution in [-0.4, -0.2) is 26.9 Å². The predicted molar refractivity (Wildman–Crippen MR) is 77.8 cm³/mol. The molecule has 1 aromatic rings. The van der Waals surface area contributed by atoms with E-state index in [4.69, 9.17) is 20.1 Å². The van der Waals surface area contributed by atoms with Gasteiger partial charge in [0.15, 0.2) is 0 Å². The van der Waals surface area contributed by atoms with E-state index < -0.39 is 0 Å². The molecule has 0 aliphatic carbocycles. The second-order valence-electron chi connectivity index (χ2n) is 5.05. The van der Waals surface area contributed by atoms with E-state index in [0.29, 0.717) is 0 Å². The Kier molecular flexibility index (Phi) is 5.64. The number of methoxy groups -OCH3 is 2. The van der Waals surface area contributed by atoms with Gasteiger partial charge in [-0.3, -0.25) is 11.3 Å². The Balaban J connectivity index is 2.16. The summed E-state index contributed by atoms with van der Waals surface area (Å²) in [5.74, 6) is 7.34. The number of nitrogens with two attached hydrogens (primary N) is 1. The molecule has 2 unspecified atom stereocenters. The number of hydrazine groups is 1. The van der Waals surface area contributed by atoms with E-state index in [1.807, 2.05) is 18.2 Å². The van der Waals surface area contributed by atoms with Crippen LogP contribution in [0, 0.1) is 0 Å². The van der Waals surface area contributed by atoms with Crippen molar-refractivity contribution in [2.45, 2.75) is 37.8 Å². The highest BCUT2D eigenvalue weighted by molar-refractivity contribution is 5.42. The maximum absolute atomic E-state index is 5.79. The largest absolute Gasteiger partial charge is 0.497 e. The van der Waals surface area contributed by atoms with Crippen LogP contribution < -0.4 is 20.7 Å². The van der Waals surface area contributed by atoms with Crippen LogP contribution in [0.3, 0.4) is 0 Å². The minimum atomic E-state index is -0.0110. The van der Waals surface area contributed by atoms with Crippen LogP contribution >= 0.6 is 0 Å². The Morgan fingerprint density at radius 3 is 2.80 bits per heavy atom. The van der Waals surface area contributed by atoms with Crippen LogP contribution in [0.4, 0.5) is 0 Å². The van der Waals surface area contributed by atoms with Crippen molar-refractivity contribution in [3.8, 4) is 11.5 Å². The summed E-state index contributed by atoms with van der Waals surface area (Å²) in [6, 6.07) is 5.74. The van der Waals surface area contributed by atoms with E-state index in [2.05, 4.69) is 5.43 Å². The lowest BCUT2D eigenvalue weighted by atomic mass is 9.96. The third kappa shape index (κ3) is 3.62. The summed E-state index contributed by atoms with van der Waals surface area (Å²) in [6.07, 6.45) is 4.54. The smallest absolute Gasteiger partial charge is 0.123 e. The Labute approximate surface area is 120 Å².